The molecule has 0 saturated heterocycles. The first-order valence-electron chi connectivity index (χ1n) is 5.72. The van der Waals surface area contributed by atoms with Crippen molar-refractivity contribution >= 4 is 20.8 Å². The van der Waals surface area contributed by atoms with Gasteiger partial charge in [0.25, 0.3) is 0 Å². The highest BCUT2D eigenvalue weighted by Gasteiger charge is 2.30. The summed E-state index contributed by atoms with van der Waals surface area (Å²) in [6, 6.07) is 14.6. The Morgan fingerprint density at radius 2 is 1.67 bits per heavy atom. The van der Waals surface area contributed by atoms with Crippen molar-refractivity contribution in [1.82, 2.24) is 0 Å². The molecule has 0 bridgehead atoms. The summed E-state index contributed by atoms with van der Waals surface area (Å²) in [7, 11) is -3.36. The van der Waals surface area contributed by atoms with Crippen LogP contribution in [0.2, 0.25) is 0 Å². The van der Waals surface area contributed by atoms with Gasteiger partial charge in [-0.2, -0.15) is 0 Å². The molecule has 0 radical (unpaired) electrons. The lowest BCUT2D eigenvalue weighted by Gasteiger charge is -2.03. The molecule has 3 heteroatoms. The van der Waals surface area contributed by atoms with Crippen molar-refractivity contribution in [2.75, 3.05) is 0 Å². The molecule has 0 aromatic heterocycles. The molecule has 0 unspecified atom stereocenters. The zero-order valence-corrected chi connectivity index (χ0v) is 10.7. The molecule has 1 heterocycles. The number of benzene rings is 2. The minimum Gasteiger partial charge on any atom is -0.218 e. The fourth-order valence-electron chi connectivity index (χ4n) is 2.20. The van der Waals surface area contributed by atoms with Crippen LogP contribution in [0.25, 0.3) is 11.0 Å². The monoisotopic (exact) mass is 256 g/mol. The van der Waals surface area contributed by atoms with Gasteiger partial charge in [0.05, 0.1) is 9.80 Å². The molecule has 1 aliphatic heterocycles. The molecule has 3 rings (SSSR count). The molecule has 2 aromatic carbocycles. The molecular weight excluding hydrogens is 244 g/mol. The Morgan fingerprint density at radius 1 is 0.944 bits per heavy atom. The van der Waals surface area contributed by atoms with Gasteiger partial charge in [0.15, 0.2) is 0 Å². The van der Waals surface area contributed by atoms with E-state index in [1.807, 2.05) is 49.4 Å². The van der Waals surface area contributed by atoms with E-state index in [0.717, 1.165) is 16.7 Å². The Bertz CT molecular complexity index is 741. The quantitative estimate of drug-likeness (QED) is 0.784. The van der Waals surface area contributed by atoms with Gasteiger partial charge in [0.2, 0.25) is 9.84 Å². The summed E-state index contributed by atoms with van der Waals surface area (Å²) in [6.45, 7) is 1.96. The highest BCUT2D eigenvalue weighted by Crippen LogP contribution is 2.38. The zero-order chi connectivity index (χ0) is 12.8. The molecule has 0 aliphatic carbocycles. The minimum atomic E-state index is -3.36. The first-order chi connectivity index (χ1) is 8.59. The van der Waals surface area contributed by atoms with Crippen molar-refractivity contribution in [3.05, 3.63) is 65.2 Å². The van der Waals surface area contributed by atoms with Gasteiger partial charge < -0.3 is 0 Å². The SMILES string of the molecule is Cc1ccc2c(c1)C=C(c1ccccc1)S2(=O)=O. The van der Waals surface area contributed by atoms with E-state index in [9.17, 15) is 8.42 Å². The average molecular weight is 256 g/mol. The Balaban J connectivity index is 2.24. The van der Waals surface area contributed by atoms with Crippen LogP contribution in [-0.4, -0.2) is 8.42 Å². The molecule has 90 valence electrons. The average Bonchev–Trinajstić information content (AvgIpc) is 2.61. The third-order valence-electron chi connectivity index (χ3n) is 3.09. The van der Waals surface area contributed by atoms with Crippen molar-refractivity contribution in [2.24, 2.45) is 0 Å². The molecule has 2 nitrogen and oxygen atoms in total. The highest BCUT2D eigenvalue weighted by atomic mass is 32.2. The van der Waals surface area contributed by atoms with Crippen LogP contribution in [0, 0.1) is 6.92 Å². The minimum absolute atomic E-state index is 0.392. The molecule has 0 atom stereocenters. The van der Waals surface area contributed by atoms with Crippen LogP contribution in [-0.2, 0) is 9.84 Å². The Morgan fingerprint density at radius 3 is 2.39 bits per heavy atom. The maximum Gasteiger partial charge on any atom is 0.207 e. The van der Waals surface area contributed by atoms with Crippen molar-refractivity contribution in [1.29, 1.82) is 0 Å². The van der Waals surface area contributed by atoms with Crippen molar-refractivity contribution < 1.29 is 8.42 Å². The normalized spacial score (nSPS) is 16.2. The molecule has 0 fully saturated rings. The summed E-state index contributed by atoms with van der Waals surface area (Å²) in [4.78, 5) is 0.802. The van der Waals surface area contributed by atoms with Gasteiger partial charge in [-0.05, 0) is 30.2 Å². The highest BCUT2D eigenvalue weighted by molar-refractivity contribution is 8.01. The maximum absolute atomic E-state index is 12.4. The molecule has 2 aromatic rings. The first kappa shape index (κ1) is 11.2. The largest absolute Gasteiger partial charge is 0.218 e. The van der Waals surface area contributed by atoms with E-state index >= 15 is 0 Å². The lowest BCUT2D eigenvalue weighted by Crippen LogP contribution is -1.99. The third-order valence-corrected chi connectivity index (χ3v) is 4.97. The van der Waals surface area contributed by atoms with Gasteiger partial charge in [-0.15, -0.1) is 0 Å². The van der Waals surface area contributed by atoms with Crippen LogP contribution in [0.3, 0.4) is 0 Å². The molecular formula is C15H12O2S. The molecule has 18 heavy (non-hydrogen) atoms. The number of fused-ring (bicyclic) bond motifs is 1. The van der Waals surface area contributed by atoms with E-state index in [2.05, 4.69) is 0 Å². The Labute approximate surface area is 107 Å². The Hall–Kier alpha value is -1.87. The second-order valence-corrected chi connectivity index (χ2v) is 6.31. The number of rotatable bonds is 1. The van der Waals surface area contributed by atoms with Crippen LogP contribution in [0.1, 0.15) is 16.7 Å². The second-order valence-electron chi connectivity index (χ2n) is 4.42. The number of hydrogen-bond donors (Lipinski definition) is 0. The van der Waals surface area contributed by atoms with Crippen LogP contribution in [0.15, 0.2) is 53.4 Å². The van der Waals surface area contributed by atoms with Gasteiger partial charge in [-0.25, -0.2) is 8.42 Å². The van der Waals surface area contributed by atoms with Crippen LogP contribution in [0.4, 0.5) is 0 Å². The zero-order valence-electron chi connectivity index (χ0n) is 9.92. The van der Waals surface area contributed by atoms with E-state index in [1.54, 1.807) is 12.1 Å². The summed E-state index contributed by atoms with van der Waals surface area (Å²) >= 11 is 0. The summed E-state index contributed by atoms with van der Waals surface area (Å²) in [5, 5.41) is 0. The number of aryl methyl sites for hydroxylation is 1. The van der Waals surface area contributed by atoms with Crippen LogP contribution < -0.4 is 0 Å². The molecule has 0 amide bonds. The van der Waals surface area contributed by atoms with E-state index in [1.165, 1.54) is 0 Å². The van der Waals surface area contributed by atoms with Crippen molar-refractivity contribution in [3.8, 4) is 0 Å². The fourth-order valence-corrected chi connectivity index (χ4v) is 3.84. The predicted molar refractivity (Wildman–Crippen MR) is 72.7 cm³/mol. The summed E-state index contributed by atoms with van der Waals surface area (Å²) < 4.78 is 24.9. The lowest BCUT2D eigenvalue weighted by molar-refractivity contribution is 0.606. The van der Waals surface area contributed by atoms with Gasteiger partial charge in [-0.3, -0.25) is 0 Å². The van der Waals surface area contributed by atoms with E-state index in [-0.39, 0.29) is 0 Å². The van der Waals surface area contributed by atoms with Crippen molar-refractivity contribution in [2.45, 2.75) is 11.8 Å². The van der Waals surface area contributed by atoms with E-state index in [0.29, 0.717) is 9.80 Å². The second kappa shape index (κ2) is 3.82. The maximum atomic E-state index is 12.4. The standard InChI is InChI=1S/C15H12O2S/c1-11-7-8-14-13(9-11)10-15(18(14,16)17)12-5-3-2-4-6-12/h2-10H,1H3. The lowest BCUT2D eigenvalue weighted by atomic mass is 10.1. The van der Waals surface area contributed by atoms with Crippen LogP contribution in [0.5, 0.6) is 0 Å². The molecule has 0 saturated carbocycles. The van der Waals surface area contributed by atoms with Gasteiger partial charge >= 0.3 is 0 Å². The van der Waals surface area contributed by atoms with Crippen molar-refractivity contribution in [3.63, 3.8) is 0 Å². The molecule has 0 spiro atoms. The summed E-state index contributed by atoms with van der Waals surface area (Å²) in [6.07, 6.45) is 1.76. The van der Waals surface area contributed by atoms with Gasteiger partial charge in [0.1, 0.15) is 0 Å². The summed E-state index contributed by atoms with van der Waals surface area (Å²) in [5.41, 5.74) is 2.59. The predicted octanol–water partition coefficient (Wildman–Crippen LogP) is 3.28. The number of hydrogen-bond acceptors (Lipinski definition) is 2. The summed E-state index contributed by atoms with van der Waals surface area (Å²) in [5.74, 6) is 0. The van der Waals surface area contributed by atoms with E-state index in [4.69, 9.17) is 0 Å². The third kappa shape index (κ3) is 1.59. The van der Waals surface area contributed by atoms with Crippen LogP contribution >= 0.6 is 0 Å². The molecule has 1 aliphatic rings. The topological polar surface area (TPSA) is 34.1 Å². The molecule has 0 N–H and O–H groups in total. The van der Waals surface area contributed by atoms with Gasteiger partial charge in [-0.1, -0.05) is 48.0 Å². The van der Waals surface area contributed by atoms with E-state index < -0.39 is 9.84 Å². The smallest absolute Gasteiger partial charge is 0.207 e. The number of sulfone groups is 1. The Kier molecular flexibility index (Phi) is 2.38. The first-order valence-corrected chi connectivity index (χ1v) is 7.20. The van der Waals surface area contributed by atoms with Gasteiger partial charge in [0, 0.05) is 0 Å². The fraction of sp³-hybridized carbons (Fsp3) is 0.0667.